The van der Waals surface area contributed by atoms with Crippen LogP contribution < -0.4 is 10.1 Å². The first-order chi connectivity index (χ1) is 10.0. The number of benzene rings is 1. The van der Waals surface area contributed by atoms with E-state index >= 15 is 0 Å². The molecule has 0 radical (unpaired) electrons. The van der Waals surface area contributed by atoms with E-state index in [1.54, 1.807) is 31.2 Å². The first kappa shape index (κ1) is 14.8. The monoisotopic (exact) mass is 292 g/mol. The number of anilines is 1. The van der Waals surface area contributed by atoms with Gasteiger partial charge in [0, 0.05) is 6.04 Å². The molecule has 0 amide bonds. The van der Waals surface area contributed by atoms with Crippen LogP contribution in [0, 0.1) is 16.0 Å². The van der Waals surface area contributed by atoms with Gasteiger partial charge in [-0.15, -0.1) is 0 Å². The van der Waals surface area contributed by atoms with E-state index < -0.39 is 16.8 Å². The first-order valence-corrected chi connectivity index (χ1v) is 6.60. The molecule has 0 aliphatic heterocycles. The lowest BCUT2D eigenvalue weighted by Gasteiger charge is -2.15. The molecule has 1 aromatic carbocycles. The topological polar surface area (TPSA) is 102 Å². The van der Waals surface area contributed by atoms with Crippen molar-refractivity contribution < 1.29 is 19.6 Å². The van der Waals surface area contributed by atoms with Crippen LogP contribution in [-0.4, -0.2) is 28.6 Å². The summed E-state index contributed by atoms with van der Waals surface area (Å²) >= 11 is 0. The van der Waals surface area contributed by atoms with Crippen LogP contribution in [0.1, 0.15) is 13.3 Å². The molecule has 1 aliphatic carbocycles. The summed E-state index contributed by atoms with van der Waals surface area (Å²) in [6.07, 6.45) is 3.68. The lowest BCUT2D eigenvalue weighted by atomic mass is 10.1. The summed E-state index contributed by atoms with van der Waals surface area (Å²) in [4.78, 5) is 21.6. The highest BCUT2D eigenvalue weighted by molar-refractivity contribution is 5.74. The van der Waals surface area contributed by atoms with Crippen molar-refractivity contribution in [3.8, 4) is 5.75 Å². The third-order valence-corrected chi connectivity index (χ3v) is 3.22. The van der Waals surface area contributed by atoms with Gasteiger partial charge in [-0.2, -0.15) is 0 Å². The summed E-state index contributed by atoms with van der Waals surface area (Å²) in [6.45, 7) is 2.08. The standard InChI is InChI=1S/C14H16N2O5/c1-2-21-12-5-3-4-11(13(12)16(19)20)15-10-7-6-9(8-10)14(17)18/h3-7,9-10,15H,2,8H2,1H3,(H,17,18). The van der Waals surface area contributed by atoms with Gasteiger partial charge in [0.1, 0.15) is 5.69 Å². The highest BCUT2D eigenvalue weighted by Crippen LogP contribution is 2.36. The lowest BCUT2D eigenvalue weighted by molar-refractivity contribution is -0.385. The summed E-state index contributed by atoms with van der Waals surface area (Å²) in [7, 11) is 0. The van der Waals surface area contributed by atoms with Crippen LogP contribution in [-0.2, 0) is 4.79 Å². The van der Waals surface area contributed by atoms with Gasteiger partial charge in [0.05, 0.1) is 17.4 Å². The number of carboxylic acid groups (broad SMARTS) is 1. The first-order valence-electron chi connectivity index (χ1n) is 6.60. The highest BCUT2D eigenvalue weighted by atomic mass is 16.6. The zero-order valence-corrected chi connectivity index (χ0v) is 11.5. The Bertz CT molecular complexity index is 585. The zero-order chi connectivity index (χ0) is 15.4. The number of carboxylic acids is 1. The van der Waals surface area contributed by atoms with Crippen molar-refractivity contribution in [2.45, 2.75) is 19.4 Å². The molecule has 1 aromatic rings. The highest BCUT2D eigenvalue weighted by Gasteiger charge is 2.27. The van der Waals surface area contributed by atoms with Crippen molar-refractivity contribution in [1.82, 2.24) is 0 Å². The minimum absolute atomic E-state index is 0.133. The van der Waals surface area contributed by atoms with Crippen molar-refractivity contribution in [2.24, 2.45) is 5.92 Å². The number of carbonyl (C=O) groups is 1. The number of hydrogen-bond donors (Lipinski definition) is 2. The summed E-state index contributed by atoms with van der Waals surface area (Å²) in [5.41, 5.74) is 0.193. The van der Waals surface area contributed by atoms with E-state index in [4.69, 9.17) is 9.84 Å². The Morgan fingerprint density at radius 3 is 2.86 bits per heavy atom. The van der Waals surface area contributed by atoms with Gasteiger partial charge in [-0.25, -0.2) is 0 Å². The molecule has 0 aromatic heterocycles. The maximum atomic E-state index is 11.2. The van der Waals surface area contributed by atoms with Crippen molar-refractivity contribution in [1.29, 1.82) is 0 Å². The van der Waals surface area contributed by atoms with Crippen LogP contribution in [0.15, 0.2) is 30.4 Å². The largest absolute Gasteiger partial charge is 0.487 e. The van der Waals surface area contributed by atoms with E-state index in [2.05, 4.69) is 5.32 Å². The fraction of sp³-hybridized carbons (Fsp3) is 0.357. The minimum Gasteiger partial charge on any atom is -0.487 e. The molecule has 2 rings (SSSR count). The predicted octanol–water partition coefficient (Wildman–Crippen LogP) is 2.43. The van der Waals surface area contributed by atoms with E-state index in [1.807, 2.05) is 0 Å². The average molecular weight is 292 g/mol. The van der Waals surface area contributed by atoms with Gasteiger partial charge >= 0.3 is 11.7 Å². The number of hydrogen-bond acceptors (Lipinski definition) is 5. The minimum atomic E-state index is -0.895. The Hall–Kier alpha value is -2.57. The van der Waals surface area contributed by atoms with Crippen LogP contribution in [0.25, 0.3) is 0 Å². The van der Waals surface area contributed by atoms with Crippen molar-refractivity contribution in [2.75, 3.05) is 11.9 Å². The normalized spacial score (nSPS) is 20.2. The molecule has 7 heteroatoms. The van der Waals surface area contributed by atoms with Gasteiger partial charge in [0.25, 0.3) is 0 Å². The average Bonchev–Trinajstić information content (AvgIpc) is 2.87. The zero-order valence-electron chi connectivity index (χ0n) is 11.5. The van der Waals surface area contributed by atoms with E-state index in [0.717, 1.165) is 0 Å². The Morgan fingerprint density at radius 2 is 2.29 bits per heavy atom. The Balaban J connectivity index is 2.21. The smallest absolute Gasteiger partial charge is 0.333 e. The molecule has 0 spiro atoms. The van der Waals surface area contributed by atoms with Crippen molar-refractivity contribution in [3.63, 3.8) is 0 Å². The van der Waals surface area contributed by atoms with Gasteiger partial charge in [-0.3, -0.25) is 14.9 Å². The molecule has 2 atom stereocenters. The summed E-state index contributed by atoms with van der Waals surface area (Å²) in [5.74, 6) is -1.26. The van der Waals surface area contributed by atoms with E-state index in [0.29, 0.717) is 18.7 Å². The second-order valence-corrected chi connectivity index (χ2v) is 4.66. The summed E-state index contributed by atoms with van der Waals surface area (Å²) < 4.78 is 5.27. The Labute approximate surface area is 121 Å². The molecule has 0 saturated carbocycles. The van der Waals surface area contributed by atoms with Crippen LogP contribution in [0.5, 0.6) is 5.75 Å². The van der Waals surface area contributed by atoms with Gasteiger partial charge in [0.15, 0.2) is 5.75 Å². The van der Waals surface area contributed by atoms with Crippen molar-refractivity contribution >= 4 is 17.3 Å². The summed E-state index contributed by atoms with van der Waals surface area (Å²) in [6, 6.07) is 4.54. The van der Waals surface area contributed by atoms with E-state index in [-0.39, 0.29) is 17.5 Å². The van der Waals surface area contributed by atoms with Gasteiger partial charge in [0.2, 0.25) is 0 Å². The maximum absolute atomic E-state index is 11.2. The second-order valence-electron chi connectivity index (χ2n) is 4.66. The second kappa shape index (κ2) is 6.25. The van der Waals surface area contributed by atoms with Gasteiger partial charge < -0.3 is 15.2 Å². The van der Waals surface area contributed by atoms with Crippen molar-refractivity contribution in [3.05, 3.63) is 40.5 Å². The maximum Gasteiger partial charge on any atom is 0.333 e. The molecule has 0 fully saturated rings. The number of nitrogens with one attached hydrogen (secondary N) is 1. The molecule has 0 saturated heterocycles. The number of aliphatic carboxylic acids is 1. The number of ether oxygens (including phenoxy) is 1. The SMILES string of the molecule is CCOc1cccc(NC2C=CC(C(=O)O)C2)c1[N+](=O)[O-]. The Kier molecular flexibility index (Phi) is 4.42. The molecule has 7 nitrogen and oxygen atoms in total. The van der Waals surface area contributed by atoms with Crippen LogP contribution in [0.4, 0.5) is 11.4 Å². The van der Waals surface area contributed by atoms with Crippen LogP contribution >= 0.6 is 0 Å². The van der Waals surface area contributed by atoms with Crippen LogP contribution in [0.3, 0.4) is 0 Å². The number of nitrogens with zero attached hydrogens (tertiary/aromatic N) is 1. The third-order valence-electron chi connectivity index (χ3n) is 3.22. The Morgan fingerprint density at radius 1 is 1.52 bits per heavy atom. The molecule has 2 N–H and O–H groups in total. The molecular formula is C14H16N2O5. The van der Waals surface area contributed by atoms with Crippen LogP contribution in [0.2, 0.25) is 0 Å². The lowest BCUT2D eigenvalue weighted by Crippen LogP contribution is -2.19. The molecule has 21 heavy (non-hydrogen) atoms. The number of para-hydroxylation sites is 1. The van der Waals surface area contributed by atoms with Gasteiger partial charge in [-0.1, -0.05) is 18.2 Å². The molecule has 0 heterocycles. The van der Waals surface area contributed by atoms with Gasteiger partial charge in [-0.05, 0) is 25.5 Å². The fourth-order valence-electron chi connectivity index (χ4n) is 2.29. The number of rotatable bonds is 6. The molecule has 1 aliphatic rings. The predicted molar refractivity (Wildman–Crippen MR) is 76.6 cm³/mol. The quantitative estimate of drug-likeness (QED) is 0.474. The molecule has 112 valence electrons. The molecular weight excluding hydrogens is 276 g/mol. The molecule has 0 bridgehead atoms. The number of nitro groups is 1. The third kappa shape index (κ3) is 3.31. The number of nitro benzene ring substituents is 1. The van der Waals surface area contributed by atoms with E-state index in [9.17, 15) is 14.9 Å². The summed E-state index contributed by atoms with van der Waals surface area (Å²) in [5, 5.41) is 23.2. The fourth-order valence-corrected chi connectivity index (χ4v) is 2.29. The molecule has 2 unspecified atom stereocenters. The van der Waals surface area contributed by atoms with E-state index in [1.165, 1.54) is 6.07 Å².